The Balaban J connectivity index is 2.36. The van der Waals surface area contributed by atoms with Crippen molar-refractivity contribution in [3.63, 3.8) is 0 Å². The van der Waals surface area contributed by atoms with Gasteiger partial charge in [0.25, 0.3) is 5.91 Å². The molecular formula is C12H10F2N2O2. The van der Waals surface area contributed by atoms with Crippen LogP contribution in [0, 0.1) is 11.6 Å². The Kier molecular flexibility index (Phi) is 3.10. The molecule has 2 rings (SSSR count). The third-order valence-electron chi connectivity index (χ3n) is 2.54. The Morgan fingerprint density at radius 2 is 2.06 bits per heavy atom. The molecule has 0 atom stereocenters. The van der Waals surface area contributed by atoms with Crippen molar-refractivity contribution in [3.05, 3.63) is 42.5 Å². The SMILES string of the molecule is C=CCN1CC(=O)N(c2ccc(F)cc2F)C1=O. The molecule has 6 heteroatoms. The highest BCUT2D eigenvalue weighted by Gasteiger charge is 2.37. The van der Waals surface area contributed by atoms with E-state index >= 15 is 0 Å². The number of amides is 3. The fourth-order valence-electron chi connectivity index (χ4n) is 1.75. The molecule has 1 aromatic rings. The van der Waals surface area contributed by atoms with Crippen molar-refractivity contribution in [2.75, 3.05) is 18.0 Å². The van der Waals surface area contributed by atoms with Crippen LogP contribution < -0.4 is 4.90 Å². The van der Waals surface area contributed by atoms with Crippen LogP contribution in [0.5, 0.6) is 0 Å². The van der Waals surface area contributed by atoms with Crippen molar-refractivity contribution in [3.8, 4) is 0 Å². The largest absolute Gasteiger partial charge is 0.332 e. The van der Waals surface area contributed by atoms with Gasteiger partial charge in [-0.2, -0.15) is 0 Å². The number of benzene rings is 1. The molecule has 0 aromatic heterocycles. The molecule has 1 saturated heterocycles. The molecule has 1 heterocycles. The highest BCUT2D eigenvalue weighted by atomic mass is 19.1. The molecular weight excluding hydrogens is 242 g/mol. The highest BCUT2D eigenvalue weighted by Crippen LogP contribution is 2.24. The maximum Gasteiger partial charge on any atom is 0.332 e. The Morgan fingerprint density at radius 1 is 1.33 bits per heavy atom. The summed E-state index contributed by atoms with van der Waals surface area (Å²) in [4.78, 5) is 25.5. The topological polar surface area (TPSA) is 40.6 Å². The minimum Gasteiger partial charge on any atom is -0.311 e. The van der Waals surface area contributed by atoms with Gasteiger partial charge in [0.1, 0.15) is 18.2 Å². The molecule has 1 aliphatic rings. The van der Waals surface area contributed by atoms with Crippen LogP contribution in [0.2, 0.25) is 0 Å². The van der Waals surface area contributed by atoms with Crippen LogP contribution in [0.25, 0.3) is 0 Å². The van der Waals surface area contributed by atoms with E-state index in [1.165, 1.54) is 11.0 Å². The van der Waals surface area contributed by atoms with E-state index < -0.39 is 23.6 Å². The molecule has 1 aromatic carbocycles. The first-order chi connectivity index (χ1) is 8.54. The summed E-state index contributed by atoms with van der Waals surface area (Å²) in [6.45, 7) is 3.52. The van der Waals surface area contributed by atoms with Gasteiger partial charge in [-0.15, -0.1) is 6.58 Å². The van der Waals surface area contributed by atoms with E-state index in [9.17, 15) is 18.4 Å². The van der Waals surface area contributed by atoms with Crippen molar-refractivity contribution < 1.29 is 18.4 Å². The highest BCUT2D eigenvalue weighted by molar-refractivity contribution is 6.19. The summed E-state index contributed by atoms with van der Waals surface area (Å²) in [6, 6.07) is 2.06. The molecule has 0 N–H and O–H groups in total. The third kappa shape index (κ3) is 1.97. The van der Waals surface area contributed by atoms with Crippen LogP contribution in [-0.2, 0) is 4.79 Å². The molecule has 1 aliphatic heterocycles. The van der Waals surface area contributed by atoms with E-state index in [0.29, 0.717) is 11.0 Å². The molecule has 0 bridgehead atoms. The number of carbonyl (C=O) groups is 2. The van der Waals surface area contributed by atoms with Crippen LogP contribution in [0.3, 0.4) is 0 Å². The zero-order valence-electron chi connectivity index (χ0n) is 9.40. The van der Waals surface area contributed by atoms with Gasteiger partial charge in [-0.3, -0.25) is 4.79 Å². The first-order valence-corrected chi connectivity index (χ1v) is 5.22. The quantitative estimate of drug-likeness (QED) is 0.609. The second kappa shape index (κ2) is 4.56. The fourth-order valence-corrected chi connectivity index (χ4v) is 1.75. The Bertz CT molecular complexity index is 531. The van der Waals surface area contributed by atoms with E-state index in [4.69, 9.17) is 0 Å². The van der Waals surface area contributed by atoms with Gasteiger partial charge in [-0.1, -0.05) is 6.08 Å². The van der Waals surface area contributed by atoms with Gasteiger partial charge < -0.3 is 4.90 Å². The average Bonchev–Trinajstić information content (AvgIpc) is 2.56. The van der Waals surface area contributed by atoms with Crippen molar-refractivity contribution in [1.29, 1.82) is 0 Å². The number of halogens is 2. The lowest BCUT2D eigenvalue weighted by Gasteiger charge is -2.16. The molecule has 18 heavy (non-hydrogen) atoms. The lowest BCUT2D eigenvalue weighted by Crippen LogP contribution is -2.33. The van der Waals surface area contributed by atoms with Crippen molar-refractivity contribution in [1.82, 2.24) is 4.90 Å². The number of imide groups is 1. The van der Waals surface area contributed by atoms with Gasteiger partial charge in [0, 0.05) is 12.6 Å². The summed E-state index contributed by atoms with van der Waals surface area (Å²) in [5, 5.41) is 0. The number of carbonyl (C=O) groups excluding carboxylic acids is 2. The fraction of sp³-hybridized carbons (Fsp3) is 0.167. The molecule has 4 nitrogen and oxygen atoms in total. The lowest BCUT2D eigenvalue weighted by atomic mass is 10.2. The number of rotatable bonds is 3. The van der Waals surface area contributed by atoms with Crippen LogP contribution in [0.4, 0.5) is 19.3 Å². The minimum absolute atomic E-state index is 0.137. The Hall–Kier alpha value is -2.24. The van der Waals surface area contributed by atoms with E-state index in [1.54, 1.807) is 0 Å². The van der Waals surface area contributed by atoms with Crippen LogP contribution >= 0.6 is 0 Å². The molecule has 0 aliphatic carbocycles. The monoisotopic (exact) mass is 252 g/mol. The molecule has 94 valence electrons. The molecule has 0 unspecified atom stereocenters. The summed E-state index contributed by atoms with van der Waals surface area (Å²) in [6.07, 6.45) is 1.47. The summed E-state index contributed by atoms with van der Waals surface area (Å²) >= 11 is 0. The van der Waals surface area contributed by atoms with Crippen LogP contribution in [0.1, 0.15) is 0 Å². The second-order valence-corrected chi connectivity index (χ2v) is 3.78. The van der Waals surface area contributed by atoms with Crippen LogP contribution in [-0.4, -0.2) is 29.9 Å². The number of hydrogen-bond donors (Lipinski definition) is 0. The minimum atomic E-state index is -0.947. The normalized spacial score (nSPS) is 15.4. The number of nitrogens with zero attached hydrogens (tertiary/aromatic N) is 2. The molecule has 0 saturated carbocycles. The second-order valence-electron chi connectivity index (χ2n) is 3.78. The molecule has 0 radical (unpaired) electrons. The zero-order chi connectivity index (χ0) is 13.3. The van der Waals surface area contributed by atoms with Gasteiger partial charge in [0.15, 0.2) is 0 Å². The van der Waals surface area contributed by atoms with Gasteiger partial charge >= 0.3 is 6.03 Å². The summed E-state index contributed by atoms with van der Waals surface area (Å²) in [7, 11) is 0. The predicted octanol–water partition coefficient (Wildman–Crippen LogP) is 1.92. The maximum absolute atomic E-state index is 13.5. The molecule has 0 spiro atoms. The van der Waals surface area contributed by atoms with Gasteiger partial charge in [0.05, 0.1) is 5.69 Å². The van der Waals surface area contributed by atoms with Crippen molar-refractivity contribution in [2.45, 2.75) is 0 Å². The molecule has 1 fully saturated rings. The predicted molar refractivity (Wildman–Crippen MR) is 61.0 cm³/mol. The number of anilines is 1. The van der Waals surface area contributed by atoms with Crippen molar-refractivity contribution in [2.24, 2.45) is 0 Å². The van der Waals surface area contributed by atoms with E-state index in [0.717, 1.165) is 12.1 Å². The van der Waals surface area contributed by atoms with E-state index in [1.807, 2.05) is 0 Å². The number of hydrogen-bond acceptors (Lipinski definition) is 2. The summed E-state index contributed by atoms with van der Waals surface area (Å²) in [5.41, 5.74) is -0.238. The number of urea groups is 1. The van der Waals surface area contributed by atoms with Gasteiger partial charge in [-0.25, -0.2) is 18.5 Å². The maximum atomic E-state index is 13.5. The average molecular weight is 252 g/mol. The van der Waals surface area contributed by atoms with Crippen molar-refractivity contribution >= 4 is 17.6 Å². The third-order valence-corrected chi connectivity index (χ3v) is 2.54. The smallest absolute Gasteiger partial charge is 0.311 e. The van der Waals surface area contributed by atoms with Gasteiger partial charge in [0.2, 0.25) is 0 Å². The van der Waals surface area contributed by atoms with E-state index in [2.05, 4.69) is 6.58 Å². The zero-order valence-corrected chi connectivity index (χ0v) is 9.40. The molecule has 3 amide bonds. The van der Waals surface area contributed by atoms with Gasteiger partial charge in [-0.05, 0) is 12.1 Å². The lowest BCUT2D eigenvalue weighted by molar-refractivity contribution is -0.116. The Morgan fingerprint density at radius 3 is 2.67 bits per heavy atom. The first kappa shape index (κ1) is 12.2. The summed E-state index contributed by atoms with van der Waals surface area (Å²) in [5.74, 6) is -2.26. The summed E-state index contributed by atoms with van der Waals surface area (Å²) < 4.78 is 26.3. The van der Waals surface area contributed by atoms with Crippen LogP contribution in [0.15, 0.2) is 30.9 Å². The Labute approximate surface area is 102 Å². The van der Waals surface area contributed by atoms with E-state index in [-0.39, 0.29) is 18.8 Å². The first-order valence-electron chi connectivity index (χ1n) is 5.22. The standard InChI is InChI=1S/C12H10F2N2O2/c1-2-5-15-7-11(17)16(12(15)18)10-4-3-8(13)6-9(10)14/h2-4,6H,1,5,7H2.